The number of fused-ring (bicyclic) bond motifs is 1. The maximum absolute atomic E-state index is 9.87. The molecule has 16 heavy (non-hydrogen) atoms. The number of nitrogens with zero attached hydrogens (tertiary/aromatic N) is 2. The lowest BCUT2D eigenvalue weighted by Gasteiger charge is -2.16. The van der Waals surface area contributed by atoms with Gasteiger partial charge < -0.3 is 5.11 Å². The van der Waals surface area contributed by atoms with Crippen LogP contribution < -0.4 is 0 Å². The summed E-state index contributed by atoms with van der Waals surface area (Å²) in [5.74, 6) is 0. The predicted octanol–water partition coefficient (Wildman–Crippen LogP) is 2.33. The number of pyridine rings is 1. The lowest BCUT2D eigenvalue weighted by Crippen LogP contribution is -2.17. The highest BCUT2D eigenvalue weighted by Gasteiger charge is 2.18. The molecular weight excluding hydrogens is 200 g/mol. The number of aliphatic hydroxyl groups is 1. The Morgan fingerprint density at radius 2 is 2.00 bits per heavy atom. The Hall–Kier alpha value is -1.92. The van der Waals surface area contributed by atoms with Crippen molar-refractivity contribution in [2.75, 3.05) is 0 Å². The maximum atomic E-state index is 9.87. The second-order valence-electron chi connectivity index (χ2n) is 4.24. The van der Waals surface area contributed by atoms with Crippen LogP contribution in [0.25, 0.3) is 10.9 Å². The number of rotatable bonds is 1. The third-order valence-electron chi connectivity index (χ3n) is 2.47. The summed E-state index contributed by atoms with van der Waals surface area (Å²) in [5.41, 5.74) is 0.757. The van der Waals surface area contributed by atoms with E-state index < -0.39 is 5.60 Å². The van der Waals surface area contributed by atoms with Crippen molar-refractivity contribution < 1.29 is 5.11 Å². The van der Waals surface area contributed by atoms with Crippen LogP contribution in [0.3, 0.4) is 0 Å². The molecule has 0 spiro atoms. The average Bonchev–Trinajstić information content (AvgIpc) is 2.26. The van der Waals surface area contributed by atoms with Crippen molar-refractivity contribution in [3.63, 3.8) is 0 Å². The second kappa shape index (κ2) is 3.58. The Labute approximate surface area is 94.0 Å². The van der Waals surface area contributed by atoms with Gasteiger partial charge in [0.1, 0.15) is 11.7 Å². The summed E-state index contributed by atoms with van der Waals surface area (Å²) in [4.78, 5) is 4.34. The number of para-hydroxylation sites is 1. The van der Waals surface area contributed by atoms with Crippen molar-refractivity contribution in [2.45, 2.75) is 19.4 Å². The standard InChI is InChI=1S/C13H12N2O/c1-13(2,16)11-7-6-9-4-3-5-10(8-14)12(9)15-11/h3-7,16H,1-2H3. The Bertz CT molecular complexity index is 576. The average molecular weight is 212 g/mol. The highest BCUT2D eigenvalue weighted by atomic mass is 16.3. The monoisotopic (exact) mass is 212 g/mol. The van der Waals surface area contributed by atoms with Gasteiger partial charge in [-0.25, -0.2) is 4.98 Å². The second-order valence-corrected chi connectivity index (χ2v) is 4.24. The molecule has 2 rings (SSSR count). The van der Waals surface area contributed by atoms with E-state index >= 15 is 0 Å². The largest absolute Gasteiger partial charge is 0.384 e. The zero-order valence-corrected chi connectivity index (χ0v) is 9.23. The number of benzene rings is 1. The van der Waals surface area contributed by atoms with Crippen molar-refractivity contribution in [1.82, 2.24) is 4.98 Å². The van der Waals surface area contributed by atoms with E-state index in [1.165, 1.54) is 0 Å². The number of nitriles is 1. The summed E-state index contributed by atoms with van der Waals surface area (Å²) in [6.07, 6.45) is 0. The Morgan fingerprint density at radius 1 is 1.25 bits per heavy atom. The fourth-order valence-electron chi connectivity index (χ4n) is 1.58. The molecule has 0 atom stereocenters. The van der Waals surface area contributed by atoms with Gasteiger partial charge in [0.05, 0.1) is 16.8 Å². The van der Waals surface area contributed by atoms with Crippen LogP contribution in [-0.4, -0.2) is 10.1 Å². The molecule has 1 aromatic heterocycles. The molecule has 0 bridgehead atoms. The molecule has 3 nitrogen and oxygen atoms in total. The van der Waals surface area contributed by atoms with Gasteiger partial charge in [0.25, 0.3) is 0 Å². The molecule has 0 fully saturated rings. The number of aromatic nitrogens is 1. The summed E-state index contributed by atoms with van der Waals surface area (Å²) in [6.45, 7) is 3.35. The van der Waals surface area contributed by atoms with Crippen molar-refractivity contribution in [3.05, 3.63) is 41.6 Å². The predicted molar refractivity (Wildman–Crippen MR) is 61.7 cm³/mol. The van der Waals surface area contributed by atoms with E-state index in [9.17, 15) is 5.11 Å². The summed E-state index contributed by atoms with van der Waals surface area (Å²) in [5, 5.41) is 19.8. The minimum atomic E-state index is -0.989. The van der Waals surface area contributed by atoms with E-state index in [1.54, 1.807) is 26.0 Å². The Kier molecular flexibility index (Phi) is 2.37. The first-order valence-corrected chi connectivity index (χ1v) is 5.05. The quantitative estimate of drug-likeness (QED) is 0.789. The third kappa shape index (κ3) is 1.75. The first-order chi connectivity index (χ1) is 7.52. The maximum Gasteiger partial charge on any atom is 0.101 e. The van der Waals surface area contributed by atoms with Crippen molar-refractivity contribution in [2.24, 2.45) is 0 Å². The molecule has 0 radical (unpaired) electrons. The minimum absolute atomic E-state index is 0.531. The summed E-state index contributed by atoms with van der Waals surface area (Å²) >= 11 is 0. The van der Waals surface area contributed by atoms with Crippen LogP contribution in [0.15, 0.2) is 30.3 Å². The zero-order chi connectivity index (χ0) is 11.8. The topological polar surface area (TPSA) is 56.9 Å². The van der Waals surface area contributed by atoms with Gasteiger partial charge in [-0.1, -0.05) is 18.2 Å². The van der Waals surface area contributed by atoms with Gasteiger partial charge >= 0.3 is 0 Å². The number of hydrogen-bond donors (Lipinski definition) is 1. The minimum Gasteiger partial charge on any atom is -0.384 e. The molecule has 0 aliphatic heterocycles. The van der Waals surface area contributed by atoms with Crippen LogP contribution in [0.5, 0.6) is 0 Å². The molecule has 1 heterocycles. The lowest BCUT2D eigenvalue weighted by atomic mass is 10.0. The fourth-order valence-corrected chi connectivity index (χ4v) is 1.58. The van der Waals surface area contributed by atoms with E-state index in [0.29, 0.717) is 16.8 Å². The molecule has 0 amide bonds. The normalized spacial score (nSPS) is 11.4. The van der Waals surface area contributed by atoms with Gasteiger partial charge in [0.15, 0.2) is 0 Å². The molecule has 0 aliphatic rings. The molecule has 2 aromatic rings. The highest BCUT2D eigenvalue weighted by Crippen LogP contribution is 2.22. The van der Waals surface area contributed by atoms with Gasteiger partial charge in [-0.2, -0.15) is 5.26 Å². The van der Waals surface area contributed by atoms with E-state index in [0.717, 1.165) is 5.39 Å². The van der Waals surface area contributed by atoms with Crippen LogP contribution in [0.1, 0.15) is 25.1 Å². The van der Waals surface area contributed by atoms with Gasteiger partial charge in [0.2, 0.25) is 0 Å². The van der Waals surface area contributed by atoms with Crippen LogP contribution in [0.2, 0.25) is 0 Å². The van der Waals surface area contributed by atoms with Crippen molar-refractivity contribution >= 4 is 10.9 Å². The summed E-state index contributed by atoms with van der Waals surface area (Å²) in [6, 6.07) is 11.2. The number of hydrogen-bond acceptors (Lipinski definition) is 3. The van der Waals surface area contributed by atoms with Crippen LogP contribution in [0.4, 0.5) is 0 Å². The molecule has 0 saturated carbocycles. The molecular formula is C13H12N2O. The Morgan fingerprint density at radius 3 is 2.62 bits per heavy atom. The van der Waals surface area contributed by atoms with Gasteiger partial charge in [0, 0.05) is 5.39 Å². The van der Waals surface area contributed by atoms with E-state index in [1.807, 2.05) is 18.2 Å². The van der Waals surface area contributed by atoms with Gasteiger partial charge in [-0.05, 0) is 26.0 Å². The highest BCUT2D eigenvalue weighted by molar-refractivity contribution is 5.84. The summed E-state index contributed by atoms with van der Waals surface area (Å²) < 4.78 is 0. The smallest absolute Gasteiger partial charge is 0.101 e. The molecule has 1 aromatic carbocycles. The van der Waals surface area contributed by atoms with Crippen LogP contribution in [-0.2, 0) is 5.60 Å². The van der Waals surface area contributed by atoms with E-state index in [2.05, 4.69) is 11.1 Å². The first kappa shape index (κ1) is 10.6. The van der Waals surface area contributed by atoms with Gasteiger partial charge in [-0.15, -0.1) is 0 Å². The molecule has 80 valence electrons. The first-order valence-electron chi connectivity index (χ1n) is 5.05. The van der Waals surface area contributed by atoms with Crippen molar-refractivity contribution in [3.8, 4) is 6.07 Å². The van der Waals surface area contributed by atoms with Crippen LogP contribution >= 0.6 is 0 Å². The molecule has 0 unspecified atom stereocenters. The van der Waals surface area contributed by atoms with Gasteiger partial charge in [-0.3, -0.25) is 0 Å². The Balaban J connectivity index is 2.75. The third-order valence-corrected chi connectivity index (χ3v) is 2.47. The van der Waals surface area contributed by atoms with E-state index in [4.69, 9.17) is 5.26 Å². The summed E-state index contributed by atoms with van der Waals surface area (Å²) in [7, 11) is 0. The fraction of sp³-hybridized carbons (Fsp3) is 0.231. The lowest BCUT2D eigenvalue weighted by molar-refractivity contribution is 0.0742. The molecule has 1 N–H and O–H groups in total. The van der Waals surface area contributed by atoms with Crippen LogP contribution in [0, 0.1) is 11.3 Å². The van der Waals surface area contributed by atoms with Crippen molar-refractivity contribution in [1.29, 1.82) is 5.26 Å². The molecule has 0 aliphatic carbocycles. The van der Waals surface area contributed by atoms with E-state index in [-0.39, 0.29) is 0 Å². The SMILES string of the molecule is CC(C)(O)c1ccc2cccc(C#N)c2n1. The molecule has 3 heteroatoms. The molecule has 0 saturated heterocycles. The zero-order valence-electron chi connectivity index (χ0n) is 9.23.